The fourth-order valence-corrected chi connectivity index (χ4v) is 3.32. The van der Waals surface area contributed by atoms with Crippen LogP contribution in [-0.2, 0) is 9.53 Å². The molecule has 2 fully saturated rings. The maximum absolute atomic E-state index is 12.2. The molecular formula is C16H28O3. The number of carbonyl (C=O) groups excluding carboxylic acids is 1. The molecule has 0 bridgehead atoms. The first kappa shape index (κ1) is 14.8. The number of carbonyl (C=O) groups is 1. The molecule has 2 rings (SSSR count). The Bertz CT molecular complexity index is 269. The van der Waals surface area contributed by atoms with E-state index in [4.69, 9.17) is 4.74 Å². The van der Waals surface area contributed by atoms with Crippen LogP contribution in [-0.4, -0.2) is 23.3 Å². The van der Waals surface area contributed by atoms with Gasteiger partial charge < -0.3 is 9.84 Å². The lowest BCUT2D eigenvalue weighted by molar-refractivity contribution is -0.155. The third-order valence-electron chi connectivity index (χ3n) is 4.61. The van der Waals surface area contributed by atoms with E-state index in [-0.39, 0.29) is 24.1 Å². The Morgan fingerprint density at radius 3 is 2.21 bits per heavy atom. The summed E-state index contributed by atoms with van der Waals surface area (Å²) in [5, 5.41) is 9.62. The molecule has 0 aliphatic heterocycles. The topological polar surface area (TPSA) is 46.5 Å². The van der Waals surface area contributed by atoms with Crippen molar-refractivity contribution in [3.8, 4) is 0 Å². The van der Waals surface area contributed by atoms with Crippen LogP contribution in [0.2, 0.25) is 0 Å². The van der Waals surface area contributed by atoms with Crippen molar-refractivity contribution in [2.45, 2.75) is 89.3 Å². The Morgan fingerprint density at radius 1 is 0.789 bits per heavy atom. The van der Waals surface area contributed by atoms with E-state index in [1.54, 1.807) is 0 Å². The van der Waals surface area contributed by atoms with E-state index in [2.05, 4.69) is 0 Å². The van der Waals surface area contributed by atoms with Gasteiger partial charge in [-0.25, -0.2) is 0 Å². The van der Waals surface area contributed by atoms with Crippen molar-refractivity contribution in [2.24, 2.45) is 5.92 Å². The monoisotopic (exact) mass is 268 g/mol. The molecule has 2 saturated carbocycles. The van der Waals surface area contributed by atoms with Gasteiger partial charge in [-0.1, -0.05) is 32.1 Å². The summed E-state index contributed by atoms with van der Waals surface area (Å²) in [5.74, 6) is 0.164. The zero-order valence-corrected chi connectivity index (χ0v) is 12.0. The first-order chi connectivity index (χ1) is 9.25. The lowest BCUT2D eigenvalue weighted by atomic mass is 9.91. The van der Waals surface area contributed by atoms with Gasteiger partial charge in [0.2, 0.25) is 0 Å². The van der Waals surface area contributed by atoms with E-state index >= 15 is 0 Å². The molecule has 19 heavy (non-hydrogen) atoms. The highest BCUT2D eigenvalue weighted by Gasteiger charge is 2.25. The van der Waals surface area contributed by atoms with Gasteiger partial charge >= 0.3 is 5.97 Å². The van der Waals surface area contributed by atoms with Crippen LogP contribution in [0.25, 0.3) is 0 Å². The quantitative estimate of drug-likeness (QED) is 0.615. The van der Waals surface area contributed by atoms with Gasteiger partial charge in [0.1, 0.15) is 6.10 Å². The third kappa shape index (κ3) is 5.13. The second-order valence-corrected chi connectivity index (χ2v) is 6.26. The van der Waals surface area contributed by atoms with Crippen LogP contribution >= 0.6 is 0 Å². The maximum Gasteiger partial charge on any atom is 0.309 e. The van der Waals surface area contributed by atoms with Gasteiger partial charge in [0, 0.05) is 0 Å². The molecule has 2 aliphatic carbocycles. The van der Waals surface area contributed by atoms with Crippen LogP contribution in [0.5, 0.6) is 0 Å². The molecule has 0 saturated heterocycles. The number of hydrogen-bond donors (Lipinski definition) is 1. The number of hydrogen-bond acceptors (Lipinski definition) is 3. The zero-order chi connectivity index (χ0) is 13.5. The number of ether oxygens (including phenoxy) is 1. The van der Waals surface area contributed by atoms with Crippen LogP contribution in [0, 0.1) is 5.92 Å². The fraction of sp³-hybridized carbons (Fsp3) is 0.938. The van der Waals surface area contributed by atoms with Crippen molar-refractivity contribution in [3.63, 3.8) is 0 Å². The molecule has 0 aromatic heterocycles. The molecule has 0 heterocycles. The summed E-state index contributed by atoms with van der Waals surface area (Å²) in [6.45, 7) is 0. The summed E-state index contributed by atoms with van der Waals surface area (Å²) in [5.41, 5.74) is 0. The molecule has 0 radical (unpaired) electrons. The van der Waals surface area contributed by atoms with E-state index in [1.807, 2.05) is 0 Å². The average Bonchev–Trinajstić information content (AvgIpc) is 2.54. The van der Waals surface area contributed by atoms with Crippen LogP contribution < -0.4 is 0 Å². The number of aliphatic hydroxyl groups excluding tert-OH is 1. The van der Waals surface area contributed by atoms with Crippen molar-refractivity contribution >= 4 is 5.97 Å². The Kier molecular flexibility index (Phi) is 6.15. The molecule has 2 unspecified atom stereocenters. The van der Waals surface area contributed by atoms with E-state index < -0.39 is 0 Å². The van der Waals surface area contributed by atoms with Crippen LogP contribution in [0.4, 0.5) is 0 Å². The fourth-order valence-electron chi connectivity index (χ4n) is 3.32. The van der Waals surface area contributed by atoms with E-state index in [0.717, 1.165) is 44.9 Å². The summed E-state index contributed by atoms with van der Waals surface area (Å²) in [4.78, 5) is 12.2. The van der Waals surface area contributed by atoms with Gasteiger partial charge in [0.15, 0.2) is 0 Å². The van der Waals surface area contributed by atoms with Gasteiger partial charge in [0.25, 0.3) is 0 Å². The predicted molar refractivity (Wildman–Crippen MR) is 74.8 cm³/mol. The minimum Gasteiger partial charge on any atom is -0.462 e. The highest BCUT2D eigenvalue weighted by atomic mass is 16.5. The van der Waals surface area contributed by atoms with Gasteiger partial charge in [0.05, 0.1) is 12.0 Å². The average molecular weight is 268 g/mol. The number of aliphatic hydroxyl groups is 1. The molecule has 2 atom stereocenters. The maximum atomic E-state index is 12.2. The first-order valence-electron chi connectivity index (χ1n) is 8.14. The van der Waals surface area contributed by atoms with Crippen LogP contribution in [0.3, 0.4) is 0 Å². The number of esters is 1. The van der Waals surface area contributed by atoms with E-state index in [1.165, 1.54) is 32.1 Å². The number of rotatable bonds is 2. The first-order valence-corrected chi connectivity index (χ1v) is 8.14. The Labute approximate surface area is 116 Å². The molecule has 0 amide bonds. The van der Waals surface area contributed by atoms with Crippen molar-refractivity contribution < 1.29 is 14.6 Å². The molecule has 0 aromatic rings. The van der Waals surface area contributed by atoms with Gasteiger partial charge in [-0.15, -0.1) is 0 Å². The summed E-state index contributed by atoms with van der Waals surface area (Å²) in [7, 11) is 0. The highest BCUT2D eigenvalue weighted by Crippen LogP contribution is 2.26. The van der Waals surface area contributed by atoms with Crippen LogP contribution in [0.15, 0.2) is 0 Å². The smallest absolute Gasteiger partial charge is 0.309 e. The molecule has 2 aliphatic rings. The van der Waals surface area contributed by atoms with Gasteiger partial charge in [-0.2, -0.15) is 0 Å². The molecule has 110 valence electrons. The largest absolute Gasteiger partial charge is 0.462 e. The summed E-state index contributed by atoms with van der Waals surface area (Å²) < 4.78 is 5.71. The Hall–Kier alpha value is -0.570. The Balaban J connectivity index is 1.78. The predicted octanol–water partition coefficient (Wildman–Crippen LogP) is 3.58. The van der Waals surface area contributed by atoms with Crippen molar-refractivity contribution in [3.05, 3.63) is 0 Å². The Morgan fingerprint density at radius 2 is 1.47 bits per heavy atom. The molecule has 3 nitrogen and oxygen atoms in total. The van der Waals surface area contributed by atoms with E-state index in [9.17, 15) is 9.90 Å². The summed E-state index contributed by atoms with van der Waals surface area (Å²) in [6.07, 6.45) is 12.4. The second kappa shape index (κ2) is 7.88. The molecule has 0 aromatic carbocycles. The van der Waals surface area contributed by atoms with Gasteiger partial charge in [-0.05, 0) is 44.9 Å². The third-order valence-corrected chi connectivity index (χ3v) is 4.61. The summed E-state index contributed by atoms with van der Waals surface area (Å²) in [6, 6.07) is 0. The molecule has 0 spiro atoms. The van der Waals surface area contributed by atoms with Crippen LogP contribution in [0.1, 0.15) is 77.0 Å². The minimum absolute atomic E-state index is 0.0308. The van der Waals surface area contributed by atoms with Crippen molar-refractivity contribution in [2.75, 3.05) is 0 Å². The molecule has 3 heteroatoms. The van der Waals surface area contributed by atoms with Crippen molar-refractivity contribution in [1.82, 2.24) is 0 Å². The molecule has 1 N–H and O–H groups in total. The SMILES string of the molecule is O=C(OC1CCCC(O)CC1)C1CCCCCCC1. The summed E-state index contributed by atoms with van der Waals surface area (Å²) >= 11 is 0. The van der Waals surface area contributed by atoms with Crippen molar-refractivity contribution in [1.29, 1.82) is 0 Å². The zero-order valence-electron chi connectivity index (χ0n) is 12.0. The lowest BCUT2D eigenvalue weighted by Crippen LogP contribution is -2.25. The standard InChI is InChI=1S/C16H28O3/c17-14-9-6-10-15(12-11-14)19-16(18)13-7-4-2-1-3-5-8-13/h13-15,17H,1-12H2. The highest BCUT2D eigenvalue weighted by molar-refractivity contribution is 5.72. The lowest BCUT2D eigenvalue weighted by Gasteiger charge is -2.22. The normalized spacial score (nSPS) is 31.0. The van der Waals surface area contributed by atoms with Gasteiger partial charge in [-0.3, -0.25) is 4.79 Å². The second-order valence-electron chi connectivity index (χ2n) is 6.26. The van der Waals surface area contributed by atoms with E-state index in [0.29, 0.717) is 0 Å². The minimum atomic E-state index is -0.190. The molecular weight excluding hydrogens is 240 g/mol.